The van der Waals surface area contributed by atoms with Gasteiger partial charge in [-0.3, -0.25) is 14.6 Å². The van der Waals surface area contributed by atoms with E-state index in [2.05, 4.69) is 10.3 Å². The Balaban J connectivity index is 1.64. The smallest absolute Gasteiger partial charge is 0.308 e. The lowest BCUT2D eigenvalue weighted by Gasteiger charge is -2.23. The number of carboxylic acid groups (broad SMARTS) is 1. The van der Waals surface area contributed by atoms with Gasteiger partial charge < -0.3 is 15.2 Å². The molecule has 0 bridgehead atoms. The van der Waals surface area contributed by atoms with Crippen molar-refractivity contribution in [2.75, 3.05) is 0 Å². The summed E-state index contributed by atoms with van der Waals surface area (Å²) in [5, 5.41) is 12.4. The summed E-state index contributed by atoms with van der Waals surface area (Å²) in [6, 6.07) is 10.6. The van der Waals surface area contributed by atoms with Crippen molar-refractivity contribution in [3.8, 4) is 5.75 Å². The maximum Gasteiger partial charge on any atom is 0.308 e. The van der Waals surface area contributed by atoms with Crippen molar-refractivity contribution in [1.82, 2.24) is 10.3 Å². The Bertz CT molecular complexity index is 820. The summed E-state index contributed by atoms with van der Waals surface area (Å²) in [6.07, 6.45) is 5.82. The third-order valence-electron chi connectivity index (χ3n) is 5.13. The van der Waals surface area contributed by atoms with E-state index in [1.807, 2.05) is 31.2 Å². The number of hydrogen-bond donors (Lipinski definition) is 2. The first kappa shape index (κ1) is 19.9. The van der Waals surface area contributed by atoms with Crippen LogP contribution in [0.25, 0.3) is 0 Å². The number of carbonyl (C=O) groups excluding carboxylic acids is 1. The van der Waals surface area contributed by atoms with Gasteiger partial charge in [0.15, 0.2) is 0 Å². The molecule has 148 valence electrons. The molecule has 2 atom stereocenters. The average molecular weight is 382 g/mol. The molecular formula is C22H26N2O4. The Hall–Kier alpha value is -2.89. The number of amides is 1. The van der Waals surface area contributed by atoms with Gasteiger partial charge >= 0.3 is 5.97 Å². The summed E-state index contributed by atoms with van der Waals surface area (Å²) in [4.78, 5) is 28.5. The molecule has 1 fully saturated rings. The van der Waals surface area contributed by atoms with Crippen molar-refractivity contribution in [3.63, 3.8) is 0 Å². The summed E-state index contributed by atoms with van der Waals surface area (Å²) in [6.45, 7) is 2.24. The standard InChI is InChI=1S/C22H26N2O4/c1-15-10-11-18(13-23-15)28-14-16-6-5-7-17(12-16)21(25)24-20-9-4-2-3-8-19(20)22(26)27/h5-7,10-13,19-20H,2-4,8-9,14H2,1H3,(H,24,25)(H,26,27)/t19-,20+/m1/s1. The fraction of sp³-hybridized carbons (Fsp3) is 0.409. The number of carbonyl (C=O) groups is 2. The zero-order valence-electron chi connectivity index (χ0n) is 16.1. The lowest BCUT2D eigenvalue weighted by Crippen LogP contribution is -2.42. The van der Waals surface area contributed by atoms with E-state index < -0.39 is 11.9 Å². The van der Waals surface area contributed by atoms with Crippen LogP contribution < -0.4 is 10.1 Å². The fourth-order valence-electron chi connectivity index (χ4n) is 3.54. The van der Waals surface area contributed by atoms with E-state index in [-0.39, 0.29) is 11.9 Å². The van der Waals surface area contributed by atoms with Gasteiger partial charge in [-0.2, -0.15) is 0 Å². The van der Waals surface area contributed by atoms with Gasteiger partial charge in [-0.15, -0.1) is 0 Å². The van der Waals surface area contributed by atoms with E-state index in [1.165, 1.54) is 0 Å². The van der Waals surface area contributed by atoms with E-state index in [4.69, 9.17) is 4.74 Å². The molecule has 6 nitrogen and oxygen atoms in total. The lowest BCUT2D eigenvalue weighted by atomic mass is 9.94. The zero-order valence-corrected chi connectivity index (χ0v) is 16.1. The van der Waals surface area contributed by atoms with Crippen LogP contribution in [-0.2, 0) is 11.4 Å². The second kappa shape index (κ2) is 9.35. The van der Waals surface area contributed by atoms with Gasteiger partial charge in [-0.1, -0.05) is 31.4 Å². The fourth-order valence-corrected chi connectivity index (χ4v) is 3.54. The molecule has 1 aromatic carbocycles. The molecule has 0 radical (unpaired) electrons. The van der Waals surface area contributed by atoms with Crippen LogP contribution in [-0.4, -0.2) is 28.0 Å². The Kier molecular flexibility index (Phi) is 6.63. The van der Waals surface area contributed by atoms with Gasteiger partial charge in [-0.25, -0.2) is 0 Å². The van der Waals surface area contributed by atoms with Crippen LogP contribution in [0, 0.1) is 12.8 Å². The molecule has 28 heavy (non-hydrogen) atoms. The normalized spacial score (nSPS) is 19.5. The topological polar surface area (TPSA) is 88.5 Å². The number of nitrogens with zero attached hydrogens (tertiary/aromatic N) is 1. The van der Waals surface area contributed by atoms with Crippen molar-refractivity contribution in [2.24, 2.45) is 5.92 Å². The first-order chi connectivity index (χ1) is 13.5. The minimum Gasteiger partial charge on any atom is -0.487 e. The number of ether oxygens (including phenoxy) is 1. The molecule has 1 saturated carbocycles. The van der Waals surface area contributed by atoms with Crippen LogP contribution >= 0.6 is 0 Å². The quantitative estimate of drug-likeness (QED) is 0.743. The molecule has 1 aliphatic rings. The Morgan fingerprint density at radius 3 is 2.75 bits per heavy atom. The highest BCUT2D eigenvalue weighted by molar-refractivity contribution is 5.94. The SMILES string of the molecule is Cc1ccc(OCc2cccc(C(=O)N[C@H]3CCCCC[C@H]3C(=O)O)c2)cn1. The second-order valence-electron chi connectivity index (χ2n) is 7.29. The molecule has 1 amide bonds. The molecule has 0 aliphatic heterocycles. The van der Waals surface area contributed by atoms with Crippen LogP contribution in [0.15, 0.2) is 42.6 Å². The lowest BCUT2D eigenvalue weighted by molar-refractivity contribution is -0.142. The van der Waals surface area contributed by atoms with Crippen LogP contribution in [0.3, 0.4) is 0 Å². The Labute approximate surface area is 164 Å². The average Bonchev–Trinajstić information content (AvgIpc) is 2.93. The highest BCUT2D eigenvalue weighted by atomic mass is 16.5. The number of nitrogens with one attached hydrogen (secondary N) is 1. The molecule has 0 saturated heterocycles. The summed E-state index contributed by atoms with van der Waals surface area (Å²) >= 11 is 0. The third kappa shape index (κ3) is 5.31. The number of aryl methyl sites for hydroxylation is 1. The number of aromatic nitrogens is 1. The molecular weight excluding hydrogens is 356 g/mol. The van der Waals surface area contributed by atoms with Crippen molar-refractivity contribution >= 4 is 11.9 Å². The van der Waals surface area contributed by atoms with Gasteiger partial charge in [0.1, 0.15) is 12.4 Å². The number of rotatable bonds is 6. The van der Waals surface area contributed by atoms with Crippen molar-refractivity contribution < 1.29 is 19.4 Å². The van der Waals surface area contributed by atoms with E-state index in [1.54, 1.807) is 18.3 Å². The predicted octanol–water partition coefficient (Wildman–Crippen LogP) is 3.73. The summed E-state index contributed by atoms with van der Waals surface area (Å²) in [7, 11) is 0. The largest absolute Gasteiger partial charge is 0.487 e. The van der Waals surface area contributed by atoms with Crippen LogP contribution in [0.2, 0.25) is 0 Å². The molecule has 0 spiro atoms. The van der Waals surface area contributed by atoms with Crippen molar-refractivity contribution in [3.05, 3.63) is 59.4 Å². The van der Waals surface area contributed by atoms with Gasteiger partial charge in [-0.05, 0) is 49.6 Å². The maximum atomic E-state index is 12.7. The number of carboxylic acids is 1. The van der Waals surface area contributed by atoms with Crippen molar-refractivity contribution in [1.29, 1.82) is 0 Å². The van der Waals surface area contributed by atoms with Crippen molar-refractivity contribution in [2.45, 2.75) is 51.7 Å². The number of pyridine rings is 1. The van der Waals surface area contributed by atoms with Gasteiger partial charge in [0.05, 0.1) is 12.1 Å². The minimum atomic E-state index is -0.832. The number of benzene rings is 1. The van der Waals surface area contributed by atoms with E-state index >= 15 is 0 Å². The number of aliphatic carboxylic acids is 1. The minimum absolute atomic E-state index is 0.239. The number of hydrogen-bond acceptors (Lipinski definition) is 4. The van der Waals surface area contributed by atoms with Gasteiger partial charge in [0.25, 0.3) is 5.91 Å². The van der Waals surface area contributed by atoms with Crippen LogP contribution in [0.4, 0.5) is 0 Å². The molecule has 2 N–H and O–H groups in total. The van der Waals surface area contributed by atoms with Gasteiger partial charge in [0.2, 0.25) is 0 Å². The van der Waals surface area contributed by atoms with Crippen LogP contribution in [0.5, 0.6) is 5.75 Å². The Morgan fingerprint density at radius 1 is 1.18 bits per heavy atom. The first-order valence-electron chi connectivity index (χ1n) is 9.71. The first-order valence-corrected chi connectivity index (χ1v) is 9.71. The monoisotopic (exact) mass is 382 g/mol. The summed E-state index contributed by atoms with van der Waals surface area (Å²) < 4.78 is 5.72. The zero-order chi connectivity index (χ0) is 19.9. The van der Waals surface area contributed by atoms with E-state index in [0.717, 1.165) is 30.5 Å². The summed E-state index contributed by atoms with van der Waals surface area (Å²) in [5.41, 5.74) is 2.30. The molecule has 1 heterocycles. The predicted molar refractivity (Wildman–Crippen MR) is 105 cm³/mol. The summed E-state index contributed by atoms with van der Waals surface area (Å²) in [5.74, 6) is -0.923. The molecule has 3 rings (SSSR count). The second-order valence-corrected chi connectivity index (χ2v) is 7.29. The van der Waals surface area contributed by atoms with Gasteiger partial charge in [0, 0.05) is 17.3 Å². The maximum absolute atomic E-state index is 12.7. The molecule has 2 aromatic rings. The van der Waals surface area contributed by atoms with E-state index in [0.29, 0.717) is 30.8 Å². The van der Waals surface area contributed by atoms with E-state index in [9.17, 15) is 14.7 Å². The molecule has 0 unspecified atom stereocenters. The molecule has 1 aromatic heterocycles. The Morgan fingerprint density at radius 2 is 2.00 bits per heavy atom. The third-order valence-corrected chi connectivity index (χ3v) is 5.13. The highest BCUT2D eigenvalue weighted by Crippen LogP contribution is 2.24. The molecule has 1 aliphatic carbocycles. The highest BCUT2D eigenvalue weighted by Gasteiger charge is 2.30. The molecule has 6 heteroatoms. The van der Waals surface area contributed by atoms with Crippen LogP contribution in [0.1, 0.15) is 53.7 Å².